The van der Waals surface area contributed by atoms with E-state index in [0.717, 1.165) is 19.2 Å². The van der Waals surface area contributed by atoms with E-state index >= 15 is 0 Å². The largest absolute Gasteiger partial charge is 0.588 e. The van der Waals surface area contributed by atoms with Crippen molar-refractivity contribution in [3.05, 3.63) is 45.7 Å². The van der Waals surface area contributed by atoms with Crippen molar-refractivity contribution in [2.75, 3.05) is 11.8 Å². The fourth-order valence-corrected chi connectivity index (χ4v) is 3.73. The fourth-order valence-electron chi connectivity index (χ4n) is 2.33. The number of hydrogen-bond acceptors (Lipinski definition) is 4. The molecule has 1 aromatic heterocycles. The molecule has 1 aromatic carbocycles. The van der Waals surface area contributed by atoms with E-state index in [1.54, 1.807) is 13.8 Å². The second-order valence-corrected chi connectivity index (χ2v) is 6.72. The van der Waals surface area contributed by atoms with Crippen molar-refractivity contribution < 1.29 is 27.3 Å². The van der Waals surface area contributed by atoms with E-state index in [-0.39, 0.29) is 15.5 Å². The van der Waals surface area contributed by atoms with Crippen LogP contribution in [-0.2, 0) is 22.3 Å². The molecule has 0 bridgehead atoms. The lowest BCUT2D eigenvalue weighted by Gasteiger charge is -2.17. The number of benzene rings is 1. The number of carbonyl (C=O) groups is 1. The summed E-state index contributed by atoms with van der Waals surface area (Å²) in [7, 11) is 1.16. The van der Waals surface area contributed by atoms with E-state index < -0.39 is 34.8 Å². The lowest BCUT2D eigenvalue weighted by Crippen LogP contribution is -2.20. The molecule has 2 N–H and O–H groups in total. The zero-order valence-electron chi connectivity index (χ0n) is 13.4. The molecular formula is C15H14ClF3N2O3S. The molecule has 0 amide bonds. The summed E-state index contributed by atoms with van der Waals surface area (Å²) in [4.78, 5) is 14.8. The Balaban J connectivity index is 2.46. The van der Waals surface area contributed by atoms with Gasteiger partial charge in [0.1, 0.15) is 16.9 Å². The molecule has 0 aliphatic carbocycles. The molecule has 0 fully saturated rings. The molecular weight excluding hydrogens is 381 g/mol. The Bertz CT molecular complexity index is 808. The molecule has 0 aliphatic heterocycles. The van der Waals surface area contributed by atoms with Crippen LogP contribution >= 0.6 is 11.6 Å². The number of ether oxygens (including phenoxy) is 1. The first-order chi connectivity index (χ1) is 11.6. The van der Waals surface area contributed by atoms with Gasteiger partial charge in [-0.2, -0.15) is 13.2 Å². The molecule has 1 atom stereocenters. The average Bonchev–Trinajstić information content (AvgIpc) is 2.81. The van der Waals surface area contributed by atoms with Crippen LogP contribution in [0, 0.1) is 13.8 Å². The lowest BCUT2D eigenvalue weighted by atomic mass is 10.2. The number of rotatable bonds is 4. The van der Waals surface area contributed by atoms with Crippen LogP contribution in [0.25, 0.3) is 0 Å². The maximum Gasteiger partial charge on any atom is 0.418 e. The van der Waals surface area contributed by atoms with Gasteiger partial charge < -0.3 is 14.3 Å². The highest BCUT2D eigenvalue weighted by Gasteiger charge is 2.36. The van der Waals surface area contributed by atoms with E-state index in [9.17, 15) is 22.5 Å². The minimum atomic E-state index is -4.69. The molecule has 25 heavy (non-hydrogen) atoms. The molecule has 1 unspecified atom stereocenters. The van der Waals surface area contributed by atoms with Gasteiger partial charge in [0.05, 0.1) is 24.1 Å². The molecule has 2 rings (SSSR count). The summed E-state index contributed by atoms with van der Waals surface area (Å²) in [5.74, 6) is -0.737. The summed E-state index contributed by atoms with van der Waals surface area (Å²) in [5, 5.41) is -0.104. The molecule has 5 nitrogen and oxygen atoms in total. The predicted octanol–water partition coefficient (Wildman–Crippen LogP) is 4.23. The first kappa shape index (κ1) is 19.5. The van der Waals surface area contributed by atoms with E-state index in [0.29, 0.717) is 11.4 Å². The van der Waals surface area contributed by atoms with Gasteiger partial charge in [-0.25, -0.2) is 9.52 Å². The number of methoxy groups -OCH3 is 1. The summed E-state index contributed by atoms with van der Waals surface area (Å²) in [6.07, 6.45) is -4.69. The standard InChI is InChI=1S/C15H14ClF3N2O3S/c1-7-12(14(22)24-3)13(8(2)20-7)25(23)21-11-5-4-9(16)6-10(11)15(17,18)19/h4-6,20-21H,1-3H3. The number of aromatic amines is 1. The smallest absolute Gasteiger partial charge is 0.418 e. The third-order valence-electron chi connectivity index (χ3n) is 3.38. The Morgan fingerprint density at radius 1 is 1.32 bits per heavy atom. The van der Waals surface area contributed by atoms with Crippen LogP contribution < -0.4 is 4.72 Å². The van der Waals surface area contributed by atoms with Gasteiger partial charge in [-0.3, -0.25) is 0 Å². The molecule has 2 aromatic rings. The molecule has 0 spiro atoms. The highest BCUT2D eigenvalue weighted by molar-refractivity contribution is 7.92. The zero-order chi connectivity index (χ0) is 18.9. The van der Waals surface area contributed by atoms with Crippen LogP contribution in [-0.4, -0.2) is 22.6 Å². The first-order valence-corrected chi connectivity index (χ1v) is 8.41. The van der Waals surface area contributed by atoms with Crippen molar-refractivity contribution in [1.29, 1.82) is 0 Å². The van der Waals surface area contributed by atoms with Gasteiger partial charge in [-0.05, 0) is 32.0 Å². The van der Waals surface area contributed by atoms with Gasteiger partial charge in [-0.15, -0.1) is 0 Å². The third kappa shape index (κ3) is 4.05. The minimum absolute atomic E-state index is 0.0216. The average molecular weight is 395 g/mol. The van der Waals surface area contributed by atoms with Gasteiger partial charge in [0.25, 0.3) is 0 Å². The first-order valence-electron chi connectivity index (χ1n) is 6.89. The fraction of sp³-hybridized carbons (Fsp3) is 0.267. The van der Waals surface area contributed by atoms with Crippen LogP contribution in [0.2, 0.25) is 5.02 Å². The van der Waals surface area contributed by atoms with Crippen molar-refractivity contribution >= 4 is 34.6 Å². The maximum atomic E-state index is 13.1. The number of H-pyrrole nitrogens is 1. The van der Waals surface area contributed by atoms with Crippen LogP contribution in [0.1, 0.15) is 27.3 Å². The minimum Gasteiger partial charge on any atom is -0.588 e. The zero-order valence-corrected chi connectivity index (χ0v) is 14.9. The van der Waals surface area contributed by atoms with Gasteiger partial charge in [0.15, 0.2) is 0 Å². The van der Waals surface area contributed by atoms with Gasteiger partial charge in [0.2, 0.25) is 4.90 Å². The third-order valence-corrected chi connectivity index (χ3v) is 4.90. The van der Waals surface area contributed by atoms with Crippen molar-refractivity contribution in [2.45, 2.75) is 24.9 Å². The Labute approximate surface area is 149 Å². The second kappa shape index (κ2) is 7.19. The Kier molecular flexibility index (Phi) is 5.60. The Morgan fingerprint density at radius 2 is 1.96 bits per heavy atom. The molecule has 0 aliphatic rings. The van der Waals surface area contributed by atoms with E-state index in [1.807, 2.05) is 0 Å². The summed E-state index contributed by atoms with van der Waals surface area (Å²) in [6, 6.07) is 3.06. The predicted molar refractivity (Wildman–Crippen MR) is 88.1 cm³/mol. The van der Waals surface area contributed by atoms with Crippen molar-refractivity contribution in [3.63, 3.8) is 0 Å². The highest BCUT2D eigenvalue weighted by atomic mass is 35.5. The van der Waals surface area contributed by atoms with Crippen molar-refractivity contribution in [2.24, 2.45) is 0 Å². The number of aromatic nitrogens is 1. The summed E-state index contributed by atoms with van der Waals surface area (Å²) >= 11 is 3.49. The number of carbonyl (C=O) groups excluding carboxylic acids is 1. The quantitative estimate of drug-likeness (QED) is 0.601. The van der Waals surface area contributed by atoms with Crippen molar-refractivity contribution in [1.82, 2.24) is 4.98 Å². The number of nitrogens with one attached hydrogen (secondary N) is 2. The number of hydrogen-bond donors (Lipinski definition) is 2. The Hall–Kier alpha value is -1.84. The SMILES string of the molecule is COC(=O)c1c(C)[nH]c(C)c1[S+]([O-])Nc1ccc(Cl)cc1C(F)(F)F. The van der Waals surface area contributed by atoms with Crippen LogP contribution in [0.15, 0.2) is 23.1 Å². The molecule has 0 saturated heterocycles. The summed E-state index contributed by atoms with van der Waals surface area (Å²) < 4.78 is 59.0. The molecule has 0 radical (unpaired) electrons. The Morgan fingerprint density at radius 3 is 2.52 bits per heavy atom. The molecule has 10 heteroatoms. The molecule has 136 valence electrons. The maximum absolute atomic E-state index is 13.1. The number of anilines is 1. The van der Waals surface area contributed by atoms with Crippen LogP contribution in [0.4, 0.5) is 18.9 Å². The van der Waals surface area contributed by atoms with Gasteiger partial charge in [-0.1, -0.05) is 11.6 Å². The van der Waals surface area contributed by atoms with Crippen molar-refractivity contribution in [3.8, 4) is 0 Å². The monoisotopic (exact) mass is 394 g/mol. The van der Waals surface area contributed by atoms with Crippen LogP contribution in [0.5, 0.6) is 0 Å². The van der Waals surface area contributed by atoms with Gasteiger partial charge >= 0.3 is 12.1 Å². The number of esters is 1. The van der Waals surface area contributed by atoms with E-state index in [4.69, 9.17) is 11.6 Å². The molecule has 0 saturated carbocycles. The number of alkyl halides is 3. The van der Waals surface area contributed by atoms with E-state index in [2.05, 4.69) is 14.4 Å². The summed E-state index contributed by atoms with van der Waals surface area (Å²) in [6.45, 7) is 3.13. The number of halogens is 4. The van der Waals surface area contributed by atoms with Crippen LogP contribution in [0.3, 0.4) is 0 Å². The molecule has 1 heterocycles. The topological polar surface area (TPSA) is 77.2 Å². The normalized spacial score (nSPS) is 12.8. The summed E-state index contributed by atoms with van der Waals surface area (Å²) in [5.41, 5.74) is -0.663. The van der Waals surface area contributed by atoms with E-state index in [1.165, 1.54) is 6.07 Å². The lowest BCUT2D eigenvalue weighted by molar-refractivity contribution is -0.136. The number of aryl methyl sites for hydroxylation is 2. The highest BCUT2D eigenvalue weighted by Crippen LogP contribution is 2.38. The van der Waals surface area contributed by atoms with Gasteiger partial charge in [0, 0.05) is 10.7 Å². The second-order valence-electron chi connectivity index (χ2n) is 5.13.